The molecule has 0 aliphatic rings. The molecule has 0 aromatic heterocycles. The number of hydrogen-bond donors (Lipinski definition) is 4. The fourth-order valence-corrected chi connectivity index (χ4v) is 5.42. The van der Waals surface area contributed by atoms with Gasteiger partial charge in [0.05, 0.1) is 11.9 Å². The molecule has 1 amide bonds. The molecule has 7 nitrogen and oxygen atoms in total. The molecule has 39 heavy (non-hydrogen) atoms. The van der Waals surface area contributed by atoms with E-state index in [4.69, 9.17) is 5.11 Å². The molecule has 0 spiro atoms. The second kappa shape index (κ2) is 14.9. The first-order chi connectivity index (χ1) is 18.7. The van der Waals surface area contributed by atoms with Gasteiger partial charge in [-0.3, -0.25) is 4.79 Å². The van der Waals surface area contributed by atoms with E-state index >= 15 is 0 Å². The van der Waals surface area contributed by atoms with Gasteiger partial charge in [-0.05, 0) is 72.0 Å². The number of hydrogen-bond acceptors (Lipinski definition) is 6. The largest absolute Gasteiger partial charge is 0.396 e. The van der Waals surface area contributed by atoms with Crippen LogP contribution in [0.15, 0.2) is 72.8 Å². The number of carbonyl (C=O) groups excluding carboxylic acids is 1. The fraction of sp³-hybridized carbons (Fsp3) is 0.387. The Labute approximate surface area is 232 Å². The predicted octanol–water partition coefficient (Wildman–Crippen LogP) is 4.25. The summed E-state index contributed by atoms with van der Waals surface area (Å²) in [7, 11) is -3.81. The van der Waals surface area contributed by atoms with Crippen LogP contribution in [0.4, 0.5) is 0 Å². The molecule has 210 valence electrons. The summed E-state index contributed by atoms with van der Waals surface area (Å²) in [6, 6.07) is 23.5. The van der Waals surface area contributed by atoms with Crippen molar-refractivity contribution in [3.05, 3.63) is 95.1 Å². The second-order valence-electron chi connectivity index (χ2n) is 10.2. The number of nitrogens with one attached hydrogen (secondary N) is 2. The van der Waals surface area contributed by atoms with Crippen molar-refractivity contribution in [1.29, 1.82) is 0 Å². The van der Waals surface area contributed by atoms with Crippen LogP contribution in [-0.4, -0.2) is 50.0 Å². The molecule has 4 N–H and O–H groups in total. The molecule has 0 heterocycles. The first kappa shape index (κ1) is 30.5. The van der Waals surface area contributed by atoms with Crippen molar-refractivity contribution >= 4 is 15.9 Å². The lowest BCUT2D eigenvalue weighted by Gasteiger charge is -2.15. The van der Waals surface area contributed by atoms with Gasteiger partial charge in [0.15, 0.2) is 0 Å². The lowest BCUT2D eigenvalue weighted by Crippen LogP contribution is -2.33. The van der Waals surface area contributed by atoms with Crippen molar-refractivity contribution in [1.82, 2.24) is 10.0 Å². The molecular formula is C31H40N2O5S. The van der Waals surface area contributed by atoms with Crippen molar-refractivity contribution in [3.8, 4) is 11.1 Å². The normalized spacial score (nSPS) is 12.4. The third-order valence-corrected chi connectivity index (χ3v) is 7.75. The van der Waals surface area contributed by atoms with Crippen LogP contribution in [0.3, 0.4) is 0 Å². The van der Waals surface area contributed by atoms with Gasteiger partial charge in [0.25, 0.3) is 5.91 Å². The van der Waals surface area contributed by atoms with Gasteiger partial charge in [0, 0.05) is 18.7 Å². The zero-order valence-electron chi connectivity index (χ0n) is 22.8. The summed E-state index contributed by atoms with van der Waals surface area (Å²) in [6.07, 6.45) is 2.06. The zero-order chi connectivity index (χ0) is 28.3. The molecule has 3 aromatic carbocycles. The van der Waals surface area contributed by atoms with E-state index in [0.717, 1.165) is 41.6 Å². The number of rotatable bonds is 15. The first-order valence-corrected chi connectivity index (χ1v) is 15.2. The van der Waals surface area contributed by atoms with E-state index in [0.29, 0.717) is 18.5 Å². The molecule has 0 bridgehead atoms. The highest BCUT2D eigenvalue weighted by Crippen LogP contribution is 2.25. The number of carbonyl (C=O) groups is 1. The highest BCUT2D eigenvalue weighted by Gasteiger charge is 2.19. The number of aliphatic hydroxyl groups is 2. The van der Waals surface area contributed by atoms with Crippen molar-refractivity contribution in [3.63, 3.8) is 0 Å². The molecule has 0 aliphatic carbocycles. The molecule has 0 unspecified atom stereocenters. The summed E-state index contributed by atoms with van der Waals surface area (Å²) in [5, 5.41) is 22.5. The van der Waals surface area contributed by atoms with Crippen LogP contribution in [0, 0.1) is 5.92 Å². The van der Waals surface area contributed by atoms with Crippen LogP contribution in [-0.2, 0) is 22.9 Å². The van der Waals surface area contributed by atoms with Gasteiger partial charge in [0.1, 0.15) is 0 Å². The van der Waals surface area contributed by atoms with Gasteiger partial charge in [-0.15, -0.1) is 0 Å². The number of sulfonamides is 1. The first-order valence-electron chi connectivity index (χ1n) is 13.5. The topological polar surface area (TPSA) is 116 Å². The Kier molecular flexibility index (Phi) is 11.7. The van der Waals surface area contributed by atoms with Crippen LogP contribution in [0.1, 0.15) is 59.8 Å². The monoisotopic (exact) mass is 552 g/mol. The lowest BCUT2D eigenvalue weighted by atomic mass is 9.93. The quantitative estimate of drug-likeness (QED) is 0.210. The SMILES string of the molecule is CC(C)Cc1cc(-c2ccc(CCCNC[C@@H](O)c3ccccc3)cc2)ccc1C(=O)NS(=O)(=O)CCCO. The van der Waals surface area contributed by atoms with Crippen molar-refractivity contribution in [2.24, 2.45) is 5.92 Å². The van der Waals surface area contributed by atoms with Crippen LogP contribution in [0.5, 0.6) is 0 Å². The number of amides is 1. The summed E-state index contributed by atoms with van der Waals surface area (Å²) < 4.78 is 26.5. The fourth-order valence-electron chi connectivity index (χ4n) is 4.42. The molecule has 0 saturated carbocycles. The molecule has 0 aliphatic heterocycles. The Hall–Kier alpha value is -3.04. The van der Waals surface area contributed by atoms with E-state index in [9.17, 15) is 18.3 Å². The molecule has 3 aromatic rings. The van der Waals surface area contributed by atoms with Gasteiger partial charge in [-0.25, -0.2) is 13.1 Å². The van der Waals surface area contributed by atoms with Gasteiger partial charge in [-0.1, -0.05) is 80.6 Å². The minimum Gasteiger partial charge on any atom is -0.396 e. The predicted molar refractivity (Wildman–Crippen MR) is 156 cm³/mol. The third-order valence-electron chi connectivity index (χ3n) is 6.43. The average Bonchev–Trinajstić information content (AvgIpc) is 2.92. The van der Waals surface area contributed by atoms with Crippen LogP contribution in [0.2, 0.25) is 0 Å². The highest BCUT2D eigenvalue weighted by atomic mass is 32.2. The standard InChI is InChI=1S/C31H40N2O5S/c1-23(2)20-28-21-27(15-16-29(28)31(36)33-39(37,38)19-7-18-34)25-13-11-24(12-14-25)8-6-17-32-22-30(35)26-9-4-3-5-10-26/h3-5,9-16,21,23,30,32,34-35H,6-8,17-20,22H2,1-2H3,(H,33,36)/t30-/m1/s1. The van der Waals surface area contributed by atoms with Gasteiger partial charge in [-0.2, -0.15) is 0 Å². The van der Waals surface area contributed by atoms with E-state index in [1.165, 1.54) is 5.56 Å². The Balaban J connectivity index is 1.59. The summed E-state index contributed by atoms with van der Waals surface area (Å²) in [5.74, 6) is -0.664. The van der Waals surface area contributed by atoms with Crippen LogP contribution < -0.4 is 10.0 Å². The lowest BCUT2D eigenvalue weighted by molar-refractivity contribution is 0.0980. The summed E-state index contributed by atoms with van der Waals surface area (Å²) in [5.41, 5.74) is 5.26. The van der Waals surface area contributed by atoms with Crippen molar-refractivity contribution in [2.75, 3.05) is 25.4 Å². The Bertz CT molecular complexity index is 1290. The maximum atomic E-state index is 12.8. The molecule has 3 rings (SSSR count). The van der Waals surface area contributed by atoms with Crippen LogP contribution >= 0.6 is 0 Å². The van der Waals surface area contributed by atoms with Gasteiger partial charge < -0.3 is 15.5 Å². The molecule has 0 saturated heterocycles. The molecular weight excluding hydrogens is 512 g/mol. The Morgan fingerprint density at radius 2 is 1.62 bits per heavy atom. The molecule has 8 heteroatoms. The maximum absolute atomic E-state index is 12.8. The molecule has 0 radical (unpaired) electrons. The minimum atomic E-state index is -3.81. The third kappa shape index (κ3) is 9.89. The van der Waals surface area contributed by atoms with E-state index in [-0.39, 0.29) is 24.7 Å². The molecule has 1 atom stereocenters. The van der Waals surface area contributed by atoms with E-state index in [2.05, 4.69) is 48.2 Å². The number of benzene rings is 3. The van der Waals surface area contributed by atoms with Crippen molar-refractivity contribution < 1.29 is 23.4 Å². The summed E-state index contributed by atoms with van der Waals surface area (Å²) >= 11 is 0. The average molecular weight is 553 g/mol. The zero-order valence-corrected chi connectivity index (χ0v) is 23.6. The van der Waals surface area contributed by atoms with Gasteiger partial charge in [0.2, 0.25) is 10.0 Å². The highest BCUT2D eigenvalue weighted by molar-refractivity contribution is 7.90. The van der Waals surface area contributed by atoms with Crippen molar-refractivity contribution in [2.45, 2.75) is 45.6 Å². The number of aliphatic hydroxyl groups excluding tert-OH is 2. The maximum Gasteiger partial charge on any atom is 0.265 e. The second-order valence-corrected chi connectivity index (χ2v) is 12.1. The van der Waals surface area contributed by atoms with E-state index in [1.54, 1.807) is 6.07 Å². The van der Waals surface area contributed by atoms with Crippen LogP contribution in [0.25, 0.3) is 11.1 Å². The minimum absolute atomic E-state index is 0.0737. The smallest absolute Gasteiger partial charge is 0.265 e. The number of aryl methyl sites for hydroxylation is 1. The molecule has 0 fully saturated rings. The Morgan fingerprint density at radius 1 is 0.923 bits per heavy atom. The van der Waals surface area contributed by atoms with Gasteiger partial charge >= 0.3 is 0 Å². The Morgan fingerprint density at radius 3 is 2.28 bits per heavy atom. The van der Waals surface area contributed by atoms with E-state index in [1.807, 2.05) is 42.5 Å². The summed E-state index contributed by atoms with van der Waals surface area (Å²) in [6.45, 7) is 5.18. The summed E-state index contributed by atoms with van der Waals surface area (Å²) in [4.78, 5) is 12.8. The van der Waals surface area contributed by atoms with E-state index < -0.39 is 22.0 Å².